The number of ether oxygens (including phenoxy) is 4. The monoisotopic (exact) mass is 377 g/mol. The van der Waals surface area contributed by atoms with Crippen LogP contribution in [0.25, 0.3) is 0 Å². The molecule has 0 fully saturated rings. The van der Waals surface area contributed by atoms with Crippen molar-refractivity contribution in [2.24, 2.45) is 0 Å². The minimum atomic E-state index is 0.0727. The number of hydrogen-bond donors (Lipinski definition) is 0. The first-order chi connectivity index (χ1) is 12.5. The molecule has 3 rings (SSSR count). The van der Waals surface area contributed by atoms with Crippen molar-refractivity contribution in [1.82, 2.24) is 4.90 Å². The molecule has 26 heavy (non-hydrogen) atoms. The molecule has 140 valence electrons. The molecule has 0 saturated heterocycles. The van der Waals surface area contributed by atoms with E-state index in [2.05, 4.69) is 11.8 Å². The van der Waals surface area contributed by atoms with Gasteiger partial charge < -0.3 is 18.9 Å². The van der Waals surface area contributed by atoms with Crippen molar-refractivity contribution in [3.05, 3.63) is 46.5 Å². The largest absolute Gasteiger partial charge is 0.496 e. The average Bonchev–Trinajstić information content (AvgIpc) is 2.78. The minimum absolute atomic E-state index is 0.0727. The predicted molar refractivity (Wildman–Crippen MR) is 102 cm³/mol. The Kier molecular flexibility index (Phi) is 5.79. The van der Waals surface area contributed by atoms with Crippen LogP contribution in [0.1, 0.15) is 18.1 Å². The molecule has 1 aliphatic rings. The Morgan fingerprint density at radius 1 is 1.04 bits per heavy atom. The molecule has 0 N–H and O–H groups in total. The van der Waals surface area contributed by atoms with E-state index in [0.29, 0.717) is 23.1 Å². The van der Waals surface area contributed by atoms with Gasteiger partial charge in [0.2, 0.25) is 0 Å². The van der Waals surface area contributed by atoms with Crippen LogP contribution in [0.15, 0.2) is 30.3 Å². The third-order valence-electron chi connectivity index (χ3n) is 4.44. The van der Waals surface area contributed by atoms with E-state index < -0.39 is 0 Å². The zero-order chi connectivity index (χ0) is 18.7. The SMILES string of the molecule is COc1cc(OC)c(OC)cc1CN1Cc2cc(Cl)ccc2OC(C)C1. The highest BCUT2D eigenvalue weighted by Crippen LogP contribution is 2.36. The second-order valence-corrected chi connectivity index (χ2v) is 6.81. The van der Waals surface area contributed by atoms with Crippen LogP contribution in [0.4, 0.5) is 0 Å². The van der Waals surface area contributed by atoms with Crippen molar-refractivity contribution in [3.8, 4) is 23.0 Å². The highest BCUT2D eigenvalue weighted by Gasteiger charge is 2.22. The average molecular weight is 378 g/mol. The van der Waals surface area contributed by atoms with E-state index in [9.17, 15) is 0 Å². The lowest BCUT2D eigenvalue weighted by Crippen LogP contribution is -2.30. The first-order valence-electron chi connectivity index (χ1n) is 8.50. The topological polar surface area (TPSA) is 40.2 Å². The van der Waals surface area contributed by atoms with Gasteiger partial charge in [0.1, 0.15) is 17.6 Å². The minimum Gasteiger partial charge on any atom is -0.496 e. The van der Waals surface area contributed by atoms with Crippen molar-refractivity contribution in [3.63, 3.8) is 0 Å². The molecule has 2 aromatic rings. The fourth-order valence-electron chi connectivity index (χ4n) is 3.29. The molecule has 0 spiro atoms. The molecular formula is C20H24ClNO4. The third-order valence-corrected chi connectivity index (χ3v) is 4.68. The van der Waals surface area contributed by atoms with Crippen LogP contribution >= 0.6 is 11.6 Å². The summed E-state index contributed by atoms with van der Waals surface area (Å²) >= 11 is 6.17. The van der Waals surface area contributed by atoms with Crippen molar-refractivity contribution < 1.29 is 18.9 Å². The first-order valence-corrected chi connectivity index (χ1v) is 8.88. The molecule has 1 unspecified atom stereocenters. The van der Waals surface area contributed by atoms with Crippen LogP contribution in [0.3, 0.4) is 0 Å². The normalized spacial score (nSPS) is 17.0. The summed E-state index contributed by atoms with van der Waals surface area (Å²) in [7, 11) is 4.91. The number of halogens is 1. The fraction of sp³-hybridized carbons (Fsp3) is 0.400. The van der Waals surface area contributed by atoms with Gasteiger partial charge in [-0.3, -0.25) is 4.90 Å². The summed E-state index contributed by atoms with van der Waals surface area (Å²) < 4.78 is 22.4. The second-order valence-electron chi connectivity index (χ2n) is 6.37. The van der Waals surface area contributed by atoms with Crippen LogP contribution in [-0.4, -0.2) is 38.9 Å². The molecule has 0 amide bonds. The Morgan fingerprint density at radius 2 is 1.73 bits per heavy atom. The van der Waals surface area contributed by atoms with Gasteiger partial charge in [0.05, 0.1) is 21.3 Å². The first kappa shape index (κ1) is 18.7. The number of rotatable bonds is 5. The molecule has 0 bridgehead atoms. The number of benzene rings is 2. The Morgan fingerprint density at radius 3 is 2.42 bits per heavy atom. The summed E-state index contributed by atoms with van der Waals surface area (Å²) in [6.45, 7) is 4.31. The fourth-order valence-corrected chi connectivity index (χ4v) is 3.48. The lowest BCUT2D eigenvalue weighted by atomic mass is 10.1. The number of nitrogens with zero attached hydrogens (tertiary/aromatic N) is 1. The van der Waals surface area contributed by atoms with E-state index in [1.165, 1.54) is 0 Å². The molecule has 5 nitrogen and oxygen atoms in total. The molecule has 0 aliphatic carbocycles. The van der Waals surface area contributed by atoms with Gasteiger partial charge in [-0.05, 0) is 31.2 Å². The molecule has 0 aromatic heterocycles. The van der Waals surface area contributed by atoms with E-state index in [-0.39, 0.29) is 6.10 Å². The van der Waals surface area contributed by atoms with E-state index in [1.54, 1.807) is 21.3 Å². The standard InChI is InChI=1S/C20H24ClNO4/c1-13-10-22(11-14-7-16(21)5-6-17(14)26-13)12-15-8-19(24-3)20(25-4)9-18(15)23-2/h5-9,13H,10-12H2,1-4H3. The van der Waals surface area contributed by atoms with E-state index in [0.717, 1.165) is 35.7 Å². The maximum atomic E-state index is 6.17. The summed E-state index contributed by atoms with van der Waals surface area (Å²) in [6, 6.07) is 9.59. The molecule has 1 aliphatic heterocycles. The third kappa shape index (κ3) is 4.00. The van der Waals surface area contributed by atoms with Crippen LogP contribution in [-0.2, 0) is 13.1 Å². The van der Waals surface area contributed by atoms with Crippen LogP contribution in [0.5, 0.6) is 23.0 Å². The predicted octanol–water partition coefficient (Wildman–Crippen LogP) is 4.15. The highest BCUT2D eigenvalue weighted by molar-refractivity contribution is 6.30. The Bertz CT molecular complexity index is 781. The summed E-state index contributed by atoms with van der Waals surface area (Å²) in [5.74, 6) is 3.00. The summed E-state index contributed by atoms with van der Waals surface area (Å²) in [4.78, 5) is 2.32. The molecule has 0 saturated carbocycles. The molecule has 2 aromatic carbocycles. The van der Waals surface area contributed by atoms with Gasteiger partial charge in [-0.2, -0.15) is 0 Å². The van der Waals surface area contributed by atoms with Gasteiger partial charge in [-0.15, -0.1) is 0 Å². The van der Waals surface area contributed by atoms with Crippen LogP contribution in [0, 0.1) is 0 Å². The smallest absolute Gasteiger partial charge is 0.164 e. The molecule has 0 radical (unpaired) electrons. The molecule has 1 atom stereocenters. The lowest BCUT2D eigenvalue weighted by Gasteiger charge is -2.23. The zero-order valence-electron chi connectivity index (χ0n) is 15.5. The Hall–Kier alpha value is -2.11. The van der Waals surface area contributed by atoms with Crippen molar-refractivity contribution in [2.75, 3.05) is 27.9 Å². The van der Waals surface area contributed by atoms with E-state index >= 15 is 0 Å². The maximum absolute atomic E-state index is 6.17. The number of methoxy groups -OCH3 is 3. The van der Waals surface area contributed by atoms with Crippen molar-refractivity contribution in [2.45, 2.75) is 26.1 Å². The van der Waals surface area contributed by atoms with Crippen LogP contribution < -0.4 is 18.9 Å². The van der Waals surface area contributed by atoms with Gasteiger partial charge in [0.25, 0.3) is 0 Å². The van der Waals surface area contributed by atoms with Gasteiger partial charge in [0.15, 0.2) is 11.5 Å². The number of fused-ring (bicyclic) bond motifs is 1. The van der Waals surface area contributed by atoms with Gasteiger partial charge in [-0.1, -0.05) is 11.6 Å². The summed E-state index contributed by atoms with van der Waals surface area (Å²) in [6.07, 6.45) is 0.0727. The molecular weight excluding hydrogens is 354 g/mol. The number of hydrogen-bond acceptors (Lipinski definition) is 5. The Labute approximate surface area is 159 Å². The molecule has 6 heteroatoms. The Balaban J connectivity index is 1.90. The summed E-state index contributed by atoms with van der Waals surface area (Å²) in [5, 5.41) is 0.713. The quantitative estimate of drug-likeness (QED) is 0.782. The van der Waals surface area contributed by atoms with Gasteiger partial charge in [-0.25, -0.2) is 0 Å². The second kappa shape index (κ2) is 8.06. The van der Waals surface area contributed by atoms with Crippen molar-refractivity contribution >= 4 is 11.6 Å². The lowest BCUT2D eigenvalue weighted by molar-refractivity contribution is 0.155. The van der Waals surface area contributed by atoms with E-state index in [1.807, 2.05) is 30.3 Å². The van der Waals surface area contributed by atoms with E-state index in [4.69, 9.17) is 30.5 Å². The molecule has 1 heterocycles. The zero-order valence-corrected chi connectivity index (χ0v) is 16.3. The van der Waals surface area contributed by atoms with Gasteiger partial charge >= 0.3 is 0 Å². The van der Waals surface area contributed by atoms with Crippen LogP contribution in [0.2, 0.25) is 5.02 Å². The maximum Gasteiger partial charge on any atom is 0.164 e. The summed E-state index contributed by atoms with van der Waals surface area (Å²) in [5.41, 5.74) is 2.11. The van der Waals surface area contributed by atoms with Crippen molar-refractivity contribution in [1.29, 1.82) is 0 Å². The highest BCUT2D eigenvalue weighted by atomic mass is 35.5. The van der Waals surface area contributed by atoms with Gasteiger partial charge in [0, 0.05) is 41.9 Å².